The van der Waals surface area contributed by atoms with E-state index in [1.807, 2.05) is 19.9 Å². The zero-order chi connectivity index (χ0) is 20.4. The Balaban J connectivity index is 1.80. The molecular weight excluding hydrogens is 360 g/mol. The van der Waals surface area contributed by atoms with E-state index >= 15 is 0 Å². The highest BCUT2D eigenvalue weighted by molar-refractivity contribution is 5.87. The number of carbonyl (C=O) groups is 1. The van der Waals surface area contributed by atoms with Crippen molar-refractivity contribution in [2.45, 2.75) is 64.8 Å². The van der Waals surface area contributed by atoms with E-state index in [1.165, 1.54) is 22.2 Å². The van der Waals surface area contributed by atoms with Crippen molar-refractivity contribution in [2.24, 2.45) is 0 Å². The quantitative estimate of drug-likeness (QED) is 0.574. The minimum absolute atomic E-state index is 0.116. The molecular formula is C25H30N2O2. The molecule has 1 N–H and O–H groups in total. The van der Waals surface area contributed by atoms with Crippen LogP contribution in [-0.2, 0) is 22.5 Å². The summed E-state index contributed by atoms with van der Waals surface area (Å²) >= 11 is 0. The molecule has 0 unspecified atom stereocenters. The van der Waals surface area contributed by atoms with Gasteiger partial charge in [-0.25, -0.2) is 0 Å². The van der Waals surface area contributed by atoms with E-state index in [0.717, 1.165) is 24.9 Å². The van der Waals surface area contributed by atoms with Crippen molar-refractivity contribution < 1.29 is 9.53 Å². The van der Waals surface area contributed by atoms with E-state index in [1.54, 1.807) is 0 Å². The number of rotatable bonds is 6. The lowest BCUT2D eigenvalue weighted by Gasteiger charge is -2.41. The number of benzene rings is 2. The highest BCUT2D eigenvalue weighted by Crippen LogP contribution is 2.40. The van der Waals surface area contributed by atoms with Gasteiger partial charge >= 0.3 is 5.97 Å². The maximum absolute atomic E-state index is 13.2. The normalized spacial score (nSPS) is 19.4. The molecule has 2 heterocycles. The van der Waals surface area contributed by atoms with E-state index in [9.17, 15) is 4.79 Å². The highest BCUT2D eigenvalue weighted by atomic mass is 16.5. The summed E-state index contributed by atoms with van der Waals surface area (Å²) in [5.41, 5.74) is 4.90. The lowest BCUT2D eigenvalue weighted by molar-refractivity contribution is -0.156. The molecule has 2 aromatic carbocycles. The van der Waals surface area contributed by atoms with E-state index < -0.39 is 0 Å². The minimum atomic E-state index is -0.277. The first-order chi connectivity index (χ1) is 14.1. The molecule has 152 valence electrons. The molecule has 0 amide bonds. The summed E-state index contributed by atoms with van der Waals surface area (Å²) in [4.78, 5) is 19.2. The maximum atomic E-state index is 13.2. The Hall–Kier alpha value is -2.59. The van der Waals surface area contributed by atoms with Gasteiger partial charge in [-0.3, -0.25) is 9.69 Å². The van der Waals surface area contributed by atoms with Gasteiger partial charge in [-0.15, -0.1) is 0 Å². The van der Waals surface area contributed by atoms with Crippen LogP contribution < -0.4 is 0 Å². The van der Waals surface area contributed by atoms with Crippen LogP contribution in [0.4, 0.5) is 0 Å². The Morgan fingerprint density at radius 1 is 1.14 bits per heavy atom. The van der Waals surface area contributed by atoms with Gasteiger partial charge in [0.05, 0.1) is 12.1 Å². The van der Waals surface area contributed by atoms with Crippen LogP contribution in [0.3, 0.4) is 0 Å². The van der Waals surface area contributed by atoms with Crippen LogP contribution in [0.1, 0.15) is 56.5 Å². The number of ether oxygens (including phenoxy) is 1. The second kappa shape index (κ2) is 8.42. The number of carbonyl (C=O) groups excluding carboxylic acids is 1. The number of hydrogen-bond acceptors (Lipinski definition) is 3. The van der Waals surface area contributed by atoms with Crippen molar-refractivity contribution in [3.05, 3.63) is 71.4 Å². The van der Waals surface area contributed by atoms with Crippen molar-refractivity contribution in [2.75, 3.05) is 0 Å². The first-order valence-electron chi connectivity index (χ1n) is 10.7. The number of hydrogen-bond donors (Lipinski definition) is 1. The van der Waals surface area contributed by atoms with Crippen LogP contribution in [0.2, 0.25) is 0 Å². The van der Waals surface area contributed by atoms with Crippen molar-refractivity contribution >= 4 is 16.9 Å². The molecule has 4 heteroatoms. The van der Waals surface area contributed by atoms with Crippen LogP contribution in [0.5, 0.6) is 0 Å². The van der Waals surface area contributed by atoms with Crippen molar-refractivity contribution in [3.63, 3.8) is 0 Å². The number of H-pyrrole nitrogens is 1. The molecule has 2 atom stereocenters. The number of nitrogens with zero attached hydrogens (tertiary/aromatic N) is 1. The fourth-order valence-electron chi connectivity index (χ4n) is 4.55. The van der Waals surface area contributed by atoms with Gasteiger partial charge in [0, 0.05) is 29.6 Å². The maximum Gasteiger partial charge on any atom is 0.323 e. The molecule has 0 fully saturated rings. The summed E-state index contributed by atoms with van der Waals surface area (Å²) in [6.07, 6.45) is 2.61. The molecule has 4 rings (SSSR count). The fraction of sp³-hybridized carbons (Fsp3) is 0.400. The largest absolute Gasteiger partial charge is 0.462 e. The molecule has 1 aliphatic heterocycles. The highest BCUT2D eigenvalue weighted by Gasteiger charge is 2.40. The van der Waals surface area contributed by atoms with Gasteiger partial charge in [0.1, 0.15) is 6.04 Å². The van der Waals surface area contributed by atoms with Gasteiger partial charge in [-0.2, -0.15) is 0 Å². The van der Waals surface area contributed by atoms with Crippen LogP contribution in [-0.4, -0.2) is 28.0 Å². The van der Waals surface area contributed by atoms with Crippen LogP contribution in [0, 0.1) is 0 Å². The average molecular weight is 391 g/mol. The molecule has 4 nitrogen and oxygen atoms in total. The smallest absolute Gasteiger partial charge is 0.323 e. The predicted molar refractivity (Wildman–Crippen MR) is 117 cm³/mol. The van der Waals surface area contributed by atoms with Crippen LogP contribution in [0.25, 0.3) is 10.9 Å². The zero-order valence-corrected chi connectivity index (χ0v) is 17.5. The Kier molecular flexibility index (Phi) is 5.72. The summed E-state index contributed by atoms with van der Waals surface area (Å²) in [6, 6.07) is 18.7. The summed E-state index contributed by atoms with van der Waals surface area (Å²) in [5, 5.41) is 1.23. The van der Waals surface area contributed by atoms with Gasteiger partial charge < -0.3 is 9.72 Å². The average Bonchev–Trinajstić information content (AvgIpc) is 3.08. The van der Waals surface area contributed by atoms with Gasteiger partial charge in [-0.05, 0) is 37.5 Å². The standard InChI is InChI=1S/C25H30N2O2/c1-4-10-22-24-20(19-13-8-9-14-21(19)26-24)15-23(25(28)29-17(2)3)27(22)16-18-11-6-5-7-12-18/h5-9,11-14,17,22-23,26H,4,10,15-16H2,1-3H3/t22-,23+/m1/s1. The van der Waals surface area contributed by atoms with Crippen molar-refractivity contribution in [1.29, 1.82) is 0 Å². The van der Waals surface area contributed by atoms with Gasteiger partial charge in [0.2, 0.25) is 0 Å². The Morgan fingerprint density at radius 2 is 1.86 bits per heavy atom. The second-order valence-electron chi connectivity index (χ2n) is 8.23. The number of nitrogens with one attached hydrogen (secondary N) is 1. The molecule has 1 aromatic heterocycles. The lowest BCUT2D eigenvalue weighted by Crippen LogP contribution is -2.48. The summed E-state index contributed by atoms with van der Waals surface area (Å²) < 4.78 is 5.70. The Bertz CT molecular complexity index is 977. The van der Waals surface area contributed by atoms with E-state index in [0.29, 0.717) is 6.42 Å². The number of aromatic amines is 1. The SMILES string of the molecule is CCC[C@@H]1c2[nH]c3ccccc3c2C[C@@H](C(=O)OC(C)C)N1Cc1ccccc1. The molecule has 0 spiro atoms. The van der Waals surface area contributed by atoms with Crippen LogP contribution in [0.15, 0.2) is 54.6 Å². The molecule has 3 aromatic rings. The van der Waals surface area contributed by atoms with Gasteiger partial charge in [0.25, 0.3) is 0 Å². The van der Waals surface area contributed by atoms with Gasteiger partial charge in [-0.1, -0.05) is 61.9 Å². The minimum Gasteiger partial charge on any atom is -0.462 e. The van der Waals surface area contributed by atoms with E-state index in [-0.39, 0.29) is 24.2 Å². The fourth-order valence-corrected chi connectivity index (χ4v) is 4.55. The Morgan fingerprint density at radius 3 is 2.59 bits per heavy atom. The third kappa shape index (κ3) is 3.95. The molecule has 1 aliphatic rings. The predicted octanol–water partition coefficient (Wildman–Crippen LogP) is 5.39. The van der Waals surface area contributed by atoms with Crippen molar-refractivity contribution in [1.82, 2.24) is 9.88 Å². The topological polar surface area (TPSA) is 45.3 Å². The summed E-state index contributed by atoms with van der Waals surface area (Å²) in [5.74, 6) is -0.118. The van der Waals surface area contributed by atoms with E-state index in [4.69, 9.17) is 4.74 Å². The number of fused-ring (bicyclic) bond motifs is 3. The molecule has 0 bridgehead atoms. The molecule has 29 heavy (non-hydrogen) atoms. The molecule has 0 saturated heterocycles. The third-order valence-corrected chi connectivity index (χ3v) is 5.77. The third-order valence-electron chi connectivity index (χ3n) is 5.77. The first kappa shape index (κ1) is 19.7. The number of aromatic nitrogens is 1. The molecule has 0 aliphatic carbocycles. The molecule has 0 radical (unpaired) electrons. The first-order valence-corrected chi connectivity index (χ1v) is 10.7. The Labute approximate surface area is 172 Å². The number of esters is 1. The van der Waals surface area contributed by atoms with Crippen LogP contribution >= 0.6 is 0 Å². The monoisotopic (exact) mass is 390 g/mol. The second-order valence-corrected chi connectivity index (χ2v) is 8.23. The molecule has 0 saturated carbocycles. The van der Waals surface area contributed by atoms with E-state index in [2.05, 4.69) is 65.3 Å². The zero-order valence-electron chi connectivity index (χ0n) is 17.5. The van der Waals surface area contributed by atoms with Crippen molar-refractivity contribution in [3.8, 4) is 0 Å². The number of para-hydroxylation sites is 1. The van der Waals surface area contributed by atoms with Gasteiger partial charge in [0.15, 0.2) is 0 Å². The lowest BCUT2D eigenvalue weighted by atomic mass is 9.89. The summed E-state index contributed by atoms with van der Waals surface area (Å²) in [7, 11) is 0. The summed E-state index contributed by atoms with van der Waals surface area (Å²) in [6.45, 7) is 6.78.